The van der Waals surface area contributed by atoms with E-state index in [4.69, 9.17) is 23.2 Å². The molecule has 1 aliphatic carbocycles. The van der Waals surface area contributed by atoms with Crippen LogP contribution in [0.15, 0.2) is 18.2 Å². The summed E-state index contributed by atoms with van der Waals surface area (Å²) < 4.78 is 0. The molecule has 1 atom stereocenters. The summed E-state index contributed by atoms with van der Waals surface area (Å²) in [6.45, 7) is 2.42. The normalized spacial score (nSPS) is 16.6. The lowest BCUT2D eigenvalue weighted by atomic mass is 10.1. The average Bonchev–Trinajstić information content (AvgIpc) is 3.13. The van der Waals surface area contributed by atoms with Crippen LogP contribution in [-0.2, 0) is 11.3 Å². The lowest BCUT2D eigenvalue weighted by Crippen LogP contribution is -2.29. The molecule has 0 radical (unpaired) electrons. The summed E-state index contributed by atoms with van der Waals surface area (Å²) in [4.78, 5) is 11.8. The fourth-order valence-corrected chi connectivity index (χ4v) is 2.23. The highest BCUT2D eigenvalue weighted by atomic mass is 35.5. The van der Waals surface area contributed by atoms with E-state index in [1.54, 1.807) is 6.07 Å². The highest BCUT2D eigenvalue weighted by Crippen LogP contribution is 2.36. The minimum absolute atomic E-state index is 0.101. The summed E-state index contributed by atoms with van der Waals surface area (Å²) in [5.74, 6) is 0.779. The first-order valence-electron chi connectivity index (χ1n) is 5.80. The summed E-state index contributed by atoms with van der Waals surface area (Å²) in [5.41, 5.74) is 0.857. The zero-order valence-corrected chi connectivity index (χ0v) is 11.2. The van der Waals surface area contributed by atoms with Gasteiger partial charge in [-0.15, -0.1) is 0 Å². The van der Waals surface area contributed by atoms with Crippen LogP contribution in [0.5, 0.6) is 0 Å². The molecule has 1 fully saturated rings. The van der Waals surface area contributed by atoms with Crippen LogP contribution in [-0.4, -0.2) is 5.91 Å². The first-order chi connectivity index (χ1) is 8.09. The number of halogens is 2. The van der Waals surface area contributed by atoms with Gasteiger partial charge in [0.15, 0.2) is 0 Å². The smallest absolute Gasteiger partial charge is 0.223 e. The Kier molecular flexibility index (Phi) is 3.95. The first kappa shape index (κ1) is 12.7. The fraction of sp³-hybridized carbons (Fsp3) is 0.462. The predicted molar refractivity (Wildman–Crippen MR) is 70.2 cm³/mol. The average molecular weight is 272 g/mol. The van der Waals surface area contributed by atoms with Crippen molar-refractivity contribution in [2.75, 3.05) is 0 Å². The summed E-state index contributed by atoms with van der Waals surface area (Å²) in [6, 6.07) is 5.44. The third-order valence-electron chi connectivity index (χ3n) is 3.23. The number of amides is 1. The van der Waals surface area contributed by atoms with Gasteiger partial charge in [-0.2, -0.15) is 0 Å². The molecule has 1 aromatic carbocycles. The standard InChI is InChI=1S/C13H15Cl2NO/c1-8(9-5-6-9)13(17)16-7-10-3-2-4-11(14)12(10)15/h2-4,8-9H,5-7H2,1H3,(H,16,17). The van der Waals surface area contributed by atoms with Crippen LogP contribution >= 0.6 is 23.2 Å². The monoisotopic (exact) mass is 271 g/mol. The van der Waals surface area contributed by atoms with Crippen LogP contribution in [0.25, 0.3) is 0 Å². The molecule has 1 aromatic rings. The topological polar surface area (TPSA) is 29.1 Å². The quantitative estimate of drug-likeness (QED) is 0.890. The van der Waals surface area contributed by atoms with Crippen molar-refractivity contribution in [1.29, 1.82) is 0 Å². The van der Waals surface area contributed by atoms with E-state index in [9.17, 15) is 4.79 Å². The third-order valence-corrected chi connectivity index (χ3v) is 4.09. The second kappa shape index (κ2) is 5.28. The van der Waals surface area contributed by atoms with Crippen molar-refractivity contribution in [3.05, 3.63) is 33.8 Å². The van der Waals surface area contributed by atoms with Gasteiger partial charge in [0, 0.05) is 12.5 Å². The molecule has 1 aliphatic rings. The summed E-state index contributed by atoms with van der Waals surface area (Å²) in [7, 11) is 0. The molecule has 0 saturated heterocycles. The lowest BCUT2D eigenvalue weighted by Gasteiger charge is -2.12. The molecule has 2 nitrogen and oxygen atoms in total. The van der Waals surface area contributed by atoms with Crippen molar-refractivity contribution in [3.63, 3.8) is 0 Å². The van der Waals surface area contributed by atoms with Gasteiger partial charge >= 0.3 is 0 Å². The van der Waals surface area contributed by atoms with Crippen LogP contribution < -0.4 is 5.32 Å². The fourth-order valence-electron chi connectivity index (χ4n) is 1.84. The zero-order valence-electron chi connectivity index (χ0n) is 9.67. The second-order valence-electron chi connectivity index (χ2n) is 4.56. The molecule has 92 valence electrons. The molecule has 0 bridgehead atoms. The van der Waals surface area contributed by atoms with Gasteiger partial charge in [-0.25, -0.2) is 0 Å². The number of benzene rings is 1. The Labute approximate surface area is 111 Å². The highest BCUT2D eigenvalue weighted by molar-refractivity contribution is 6.42. The maximum Gasteiger partial charge on any atom is 0.223 e. The van der Waals surface area contributed by atoms with Crippen molar-refractivity contribution in [2.45, 2.75) is 26.3 Å². The van der Waals surface area contributed by atoms with Crippen LogP contribution in [0.3, 0.4) is 0 Å². The van der Waals surface area contributed by atoms with Gasteiger partial charge in [0.2, 0.25) is 5.91 Å². The summed E-state index contributed by atoms with van der Waals surface area (Å²) in [5, 5.41) is 3.95. The molecule has 0 aromatic heterocycles. The van der Waals surface area contributed by atoms with Crippen LogP contribution in [0.4, 0.5) is 0 Å². The van der Waals surface area contributed by atoms with Crippen molar-refractivity contribution >= 4 is 29.1 Å². The minimum Gasteiger partial charge on any atom is -0.352 e. The number of carbonyl (C=O) groups is 1. The Morgan fingerprint density at radius 3 is 2.82 bits per heavy atom. The molecule has 2 rings (SSSR count). The minimum atomic E-state index is 0.101. The van der Waals surface area contributed by atoms with E-state index in [1.807, 2.05) is 19.1 Å². The third kappa shape index (κ3) is 3.14. The van der Waals surface area contributed by atoms with Gasteiger partial charge in [0.1, 0.15) is 0 Å². The molecule has 1 N–H and O–H groups in total. The molecule has 4 heteroatoms. The van der Waals surface area contributed by atoms with Crippen molar-refractivity contribution in [2.24, 2.45) is 11.8 Å². The molecule has 1 unspecified atom stereocenters. The van der Waals surface area contributed by atoms with Crippen LogP contribution in [0.1, 0.15) is 25.3 Å². The van der Waals surface area contributed by atoms with E-state index < -0.39 is 0 Å². The van der Waals surface area contributed by atoms with Gasteiger partial charge in [-0.1, -0.05) is 42.3 Å². The maximum atomic E-state index is 11.8. The largest absolute Gasteiger partial charge is 0.352 e. The number of nitrogens with one attached hydrogen (secondary N) is 1. The molecule has 0 aliphatic heterocycles. The van der Waals surface area contributed by atoms with Gasteiger partial charge in [-0.05, 0) is 30.4 Å². The lowest BCUT2D eigenvalue weighted by molar-refractivity contribution is -0.125. The van der Waals surface area contributed by atoms with Gasteiger partial charge in [-0.3, -0.25) is 4.79 Å². The van der Waals surface area contributed by atoms with E-state index in [-0.39, 0.29) is 11.8 Å². The second-order valence-corrected chi connectivity index (χ2v) is 5.34. The van der Waals surface area contributed by atoms with Gasteiger partial charge < -0.3 is 5.32 Å². The van der Waals surface area contributed by atoms with E-state index in [0.29, 0.717) is 22.5 Å². The SMILES string of the molecule is CC(C(=O)NCc1cccc(Cl)c1Cl)C1CC1. The maximum absolute atomic E-state index is 11.8. The molecule has 1 saturated carbocycles. The number of rotatable bonds is 4. The van der Waals surface area contributed by atoms with E-state index in [0.717, 1.165) is 5.56 Å². The van der Waals surface area contributed by atoms with Crippen molar-refractivity contribution in [1.82, 2.24) is 5.32 Å². The predicted octanol–water partition coefficient (Wildman–Crippen LogP) is 3.66. The Balaban J connectivity index is 1.93. The Hall–Kier alpha value is -0.730. The number of carbonyl (C=O) groups excluding carboxylic acids is 1. The Morgan fingerprint density at radius 1 is 1.47 bits per heavy atom. The van der Waals surface area contributed by atoms with Crippen molar-refractivity contribution in [3.8, 4) is 0 Å². The molecule has 0 spiro atoms. The number of hydrogen-bond donors (Lipinski definition) is 1. The van der Waals surface area contributed by atoms with Crippen LogP contribution in [0, 0.1) is 11.8 Å². The molecule has 1 amide bonds. The Morgan fingerprint density at radius 2 is 2.18 bits per heavy atom. The first-order valence-corrected chi connectivity index (χ1v) is 6.55. The number of hydrogen-bond acceptors (Lipinski definition) is 1. The highest BCUT2D eigenvalue weighted by Gasteiger charge is 2.32. The van der Waals surface area contributed by atoms with Gasteiger partial charge in [0.25, 0.3) is 0 Å². The van der Waals surface area contributed by atoms with E-state index in [1.165, 1.54) is 12.8 Å². The molecular weight excluding hydrogens is 257 g/mol. The van der Waals surface area contributed by atoms with E-state index in [2.05, 4.69) is 5.32 Å². The van der Waals surface area contributed by atoms with Crippen LogP contribution in [0.2, 0.25) is 10.0 Å². The van der Waals surface area contributed by atoms with Gasteiger partial charge in [0.05, 0.1) is 10.0 Å². The van der Waals surface area contributed by atoms with Crippen molar-refractivity contribution < 1.29 is 4.79 Å². The Bertz CT molecular complexity index is 429. The molecule has 0 heterocycles. The summed E-state index contributed by atoms with van der Waals surface area (Å²) in [6.07, 6.45) is 2.35. The van der Waals surface area contributed by atoms with E-state index >= 15 is 0 Å². The summed E-state index contributed by atoms with van der Waals surface area (Å²) >= 11 is 12.0. The molecular formula is C13H15Cl2NO. The molecule has 17 heavy (non-hydrogen) atoms. The zero-order chi connectivity index (χ0) is 12.4.